The predicted octanol–water partition coefficient (Wildman–Crippen LogP) is 4.29. The molecule has 2 amide bonds. The van der Waals surface area contributed by atoms with Crippen molar-refractivity contribution in [1.82, 2.24) is 0 Å². The molecule has 0 radical (unpaired) electrons. The van der Waals surface area contributed by atoms with Gasteiger partial charge in [-0.2, -0.15) is 0 Å². The number of hydrogen-bond acceptors (Lipinski definition) is 4. The van der Waals surface area contributed by atoms with E-state index in [4.69, 9.17) is 32.7 Å². The second-order valence-electron chi connectivity index (χ2n) is 6.06. The minimum Gasteiger partial charge on any atom is -0.489 e. The summed E-state index contributed by atoms with van der Waals surface area (Å²) < 4.78 is 11.2. The normalized spacial score (nSPS) is 12.9. The number of rotatable bonds is 4. The van der Waals surface area contributed by atoms with E-state index >= 15 is 0 Å². The number of amides is 2. The second-order valence-corrected chi connectivity index (χ2v) is 6.87. The lowest BCUT2D eigenvalue weighted by Gasteiger charge is -2.12. The van der Waals surface area contributed by atoms with Crippen LogP contribution in [-0.2, 0) is 16.0 Å². The highest BCUT2D eigenvalue weighted by atomic mass is 35.5. The number of benzene rings is 2. The van der Waals surface area contributed by atoms with E-state index in [1.807, 2.05) is 0 Å². The molecular formula is C19H18Cl2N2O4. The third-order valence-corrected chi connectivity index (χ3v) is 4.38. The Morgan fingerprint density at radius 3 is 2.56 bits per heavy atom. The van der Waals surface area contributed by atoms with E-state index in [1.54, 1.807) is 30.3 Å². The summed E-state index contributed by atoms with van der Waals surface area (Å²) in [6.07, 6.45) is 0.886. The first kappa shape index (κ1) is 19.3. The Hall–Kier alpha value is -2.44. The summed E-state index contributed by atoms with van der Waals surface area (Å²) in [7, 11) is 0. The van der Waals surface area contributed by atoms with Gasteiger partial charge in [0.15, 0.2) is 11.5 Å². The summed E-state index contributed by atoms with van der Waals surface area (Å²) >= 11 is 12.4. The van der Waals surface area contributed by atoms with Crippen molar-refractivity contribution in [2.45, 2.75) is 19.8 Å². The number of carbonyl (C=O) groups is 2. The molecule has 0 fully saturated rings. The average Bonchev–Trinajstić information content (AvgIpc) is 2.83. The highest BCUT2D eigenvalue weighted by Crippen LogP contribution is 2.38. The molecule has 8 heteroatoms. The van der Waals surface area contributed by atoms with Crippen LogP contribution in [0.2, 0.25) is 10.0 Å². The average molecular weight is 409 g/mol. The summed E-state index contributed by atoms with van der Waals surface area (Å²) in [5.74, 6) is 0.605. The zero-order chi connectivity index (χ0) is 19.4. The van der Waals surface area contributed by atoms with E-state index in [0.717, 1.165) is 6.42 Å². The summed E-state index contributed by atoms with van der Waals surface area (Å²) in [6, 6.07) is 8.33. The van der Waals surface area contributed by atoms with E-state index in [1.165, 1.54) is 6.92 Å². The molecular weight excluding hydrogens is 391 g/mol. The van der Waals surface area contributed by atoms with Gasteiger partial charge in [-0.25, -0.2) is 0 Å². The van der Waals surface area contributed by atoms with Gasteiger partial charge < -0.3 is 20.1 Å². The Bertz CT molecular complexity index is 886. The molecule has 0 spiro atoms. The maximum Gasteiger partial charge on any atom is 0.228 e. The summed E-state index contributed by atoms with van der Waals surface area (Å²) in [5.41, 5.74) is 1.72. The van der Waals surface area contributed by atoms with Gasteiger partial charge in [0.05, 0.1) is 35.4 Å². The Kier molecular flexibility index (Phi) is 6.08. The van der Waals surface area contributed by atoms with Crippen LogP contribution in [0.15, 0.2) is 30.3 Å². The van der Waals surface area contributed by atoms with Gasteiger partial charge in [-0.15, -0.1) is 0 Å². The van der Waals surface area contributed by atoms with Crippen LogP contribution in [0.3, 0.4) is 0 Å². The molecule has 2 N–H and O–H groups in total. The maximum absolute atomic E-state index is 12.4. The molecule has 0 aromatic heterocycles. The molecule has 1 heterocycles. The van der Waals surface area contributed by atoms with Crippen molar-refractivity contribution in [3.8, 4) is 11.5 Å². The van der Waals surface area contributed by atoms with Crippen molar-refractivity contribution in [2.24, 2.45) is 0 Å². The second kappa shape index (κ2) is 8.50. The third-order valence-electron chi connectivity index (χ3n) is 3.79. The number of nitrogens with one attached hydrogen (secondary N) is 2. The van der Waals surface area contributed by atoms with Gasteiger partial charge in [-0.3, -0.25) is 9.59 Å². The fourth-order valence-electron chi connectivity index (χ4n) is 2.66. The molecule has 0 unspecified atom stereocenters. The minimum atomic E-state index is -0.232. The Morgan fingerprint density at radius 2 is 1.81 bits per heavy atom. The first-order valence-electron chi connectivity index (χ1n) is 8.37. The molecule has 0 bridgehead atoms. The van der Waals surface area contributed by atoms with Gasteiger partial charge in [0.25, 0.3) is 0 Å². The van der Waals surface area contributed by atoms with E-state index in [-0.39, 0.29) is 18.2 Å². The fourth-order valence-corrected chi connectivity index (χ4v) is 3.18. The topological polar surface area (TPSA) is 76.7 Å². The Balaban J connectivity index is 1.69. The van der Waals surface area contributed by atoms with Crippen molar-refractivity contribution in [3.05, 3.63) is 45.9 Å². The van der Waals surface area contributed by atoms with Gasteiger partial charge in [0.2, 0.25) is 11.8 Å². The van der Waals surface area contributed by atoms with E-state index in [0.29, 0.717) is 51.7 Å². The third kappa shape index (κ3) is 5.05. The van der Waals surface area contributed by atoms with Gasteiger partial charge in [-0.1, -0.05) is 23.2 Å². The van der Waals surface area contributed by atoms with Crippen molar-refractivity contribution in [1.29, 1.82) is 0 Å². The highest BCUT2D eigenvalue weighted by molar-refractivity contribution is 6.34. The number of carbonyl (C=O) groups excluding carboxylic acids is 2. The van der Waals surface area contributed by atoms with Crippen LogP contribution in [0.4, 0.5) is 11.4 Å². The summed E-state index contributed by atoms with van der Waals surface area (Å²) in [4.78, 5) is 23.5. The lowest BCUT2D eigenvalue weighted by molar-refractivity contribution is -0.116. The summed E-state index contributed by atoms with van der Waals surface area (Å²) in [6.45, 7) is 2.48. The molecule has 2 aromatic carbocycles. The molecule has 0 saturated carbocycles. The van der Waals surface area contributed by atoms with Crippen molar-refractivity contribution in [3.63, 3.8) is 0 Å². The zero-order valence-corrected chi connectivity index (χ0v) is 16.1. The Labute approximate surface area is 166 Å². The fraction of sp³-hybridized carbons (Fsp3) is 0.263. The van der Waals surface area contributed by atoms with Gasteiger partial charge in [-0.05, 0) is 35.9 Å². The van der Waals surface area contributed by atoms with E-state index < -0.39 is 0 Å². The molecule has 2 aromatic rings. The monoisotopic (exact) mass is 408 g/mol. The van der Waals surface area contributed by atoms with E-state index in [9.17, 15) is 9.59 Å². The molecule has 3 rings (SSSR count). The predicted molar refractivity (Wildman–Crippen MR) is 105 cm³/mol. The molecule has 27 heavy (non-hydrogen) atoms. The molecule has 0 aliphatic carbocycles. The van der Waals surface area contributed by atoms with Crippen molar-refractivity contribution >= 4 is 46.4 Å². The zero-order valence-electron chi connectivity index (χ0n) is 14.6. The van der Waals surface area contributed by atoms with E-state index in [2.05, 4.69) is 10.6 Å². The number of fused-ring (bicyclic) bond motifs is 1. The number of anilines is 2. The van der Waals surface area contributed by atoms with Gasteiger partial charge in [0.1, 0.15) is 0 Å². The minimum absolute atomic E-state index is 0.113. The summed E-state index contributed by atoms with van der Waals surface area (Å²) in [5, 5.41) is 6.13. The highest BCUT2D eigenvalue weighted by Gasteiger charge is 2.17. The van der Waals surface area contributed by atoms with Crippen LogP contribution in [0, 0.1) is 0 Å². The van der Waals surface area contributed by atoms with Crippen LogP contribution in [0.5, 0.6) is 11.5 Å². The molecule has 142 valence electrons. The maximum atomic E-state index is 12.4. The van der Waals surface area contributed by atoms with Crippen LogP contribution < -0.4 is 20.1 Å². The smallest absolute Gasteiger partial charge is 0.228 e. The van der Waals surface area contributed by atoms with Crippen molar-refractivity contribution in [2.75, 3.05) is 23.8 Å². The molecule has 0 saturated heterocycles. The van der Waals surface area contributed by atoms with Gasteiger partial charge >= 0.3 is 0 Å². The molecule has 1 aliphatic rings. The molecule has 1 aliphatic heterocycles. The first-order chi connectivity index (χ1) is 12.9. The first-order valence-corrected chi connectivity index (χ1v) is 9.13. The van der Waals surface area contributed by atoms with Crippen LogP contribution in [0.1, 0.15) is 18.9 Å². The lowest BCUT2D eigenvalue weighted by Crippen LogP contribution is -2.15. The molecule has 0 atom stereocenters. The molecule has 6 nitrogen and oxygen atoms in total. The largest absolute Gasteiger partial charge is 0.489 e. The SMILES string of the molecule is CC(=O)Nc1ccc(NC(=O)Cc2cc(Cl)c3c(c2)OCCCO3)cc1Cl. The number of ether oxygens (including phenoxy) is 2. The van der Waals surface area contributed by atoms with Gasteiger partial charge in [0, 0.05) is 19.0 Å². The quantitative estimate of drug-likeness (QED) is 0.790. The van der Waals surface area contributed by atoms with Crippen LogP contribution in [-0.4, -0.2) is 25.0 Å². The standard InChI is InChI=1S/C19H18Cl2N2O4/c1-11(24)22-16-4-3-13(10-14(16)20)23-18(25)9-12-7-15(21)19-17(8-12)26-5-2-6-27-19/h3-4,7-8,10H,2,5-6,9H2,1H3,(H,22,24)(H,23,25). The Morgan fingerprint density at radius 1 is 1.04 bits per heavy atom. The lowest BCUT2D eigenvalue weighted by atomic mass is 10.1. The van der Waals surface area contributed by atoms with Crippen LogP contribution >= 0.6 is 23.2 Å². The number of hydrogen-bond donors (Lipinski definition) is 2. The van der Waals surface area contributed by atoms with Crippen LogP contribution in [0.25, 0.3) is 0 Å². The van der Waals surface area contributed by atoms with Crippen molar-refractivity contribution < 1.29 is 19.1 Å². The number of halogens is 2.